The number of nitrogens with two attached hydrogens (primary N) is 1. The van der Waals surface area contributed by atoms with E-state index in [1.165, 1.54) is 0 Å². The molecular formula is C20H21NO4. The lowest BCUT2D eigenvalue weighted by atomic mass is 9.70. The van der Waals surface area contributed by atoms with Crippen LogP contribution in [0.5, 0.6) is 0 Å². The first-order valence-electron chi connectivity index (χ1n) is 8.35. The number of carbonyl (C=O) groups excluding carboxylic acids is 2. The van der Waals surface area contributed by atoms with Gasteiger partial charge in [-0.1, -0.05) is 36.4 Å². The highest BCUT2D eigenvalue weighted by molar-refractivity contribution is 5.89. The summed E-state index contributed by atoms with van der Waals surface area (Å²) in [6.07, 6.45) is 0.760. The zero-order chi connectivity index (χ0) is 17.6. The molecule has 0 heterocycles. The minimum absolute atomic E-state index is 0.0104. The van der Waals surface area contributed by atoms with Gasteiger partial charge in [0.05, 0.1) is 24.3 Å². The summed E-state index contributed by atoms with van der Waals surface area (Å²) in [4.78, 5) is 24.0. The van der Waals surface area contributed by atoms with Gasteiger partial charge in [-0.2, -0.15) is 0 Å². The number of ether oxygens (including phenoxy) is 2. The lowest BCUT2D eigenvalue weighted by Gasteiger charge is -2.41. The number of hydrogen-bond acceptors (Lipinski definition) is 5. The van der Waals surface area contributed by atoms with E-state index in [2.05, 4.69) is 0 Å². The molecule has 2 N–H and O–H groups in total. The van der Waals surface area contributed by atoms with E-state index in [1.54, 1.807) is 48.5 Å². The average molecular weight is 339 g/mol. The molecule has 2 aromatic rings. The molecule has 5 nitrogen and oxygen atoms in total. The van der Waals surface area contributed by atoms with Crippen molar-refractivity contribution in [2.75, 3.05) is 13.2 Å². The highest BCUT2D eigenvalue weighted by Crippen LogP contribution is 2.34. The lowest BCUT2D eigenvalue weighted by Crippen LogP contribution is -2.51. The predicted molar refractivity (Wildman–Crippen MR) is 93.0 cm³/mol. The lowest BCUT2D eigenvalue weighted by molar-refractivity contribution is -0.0131. The van der Waals surface area contributed by atoms with Crippen LogP contribution in [0.25, 0.3) is 0 Å². The maximum Gasteiger partial charge on any atom is 0.338 e. The molecule has 0 spiro atoms. The van der Waals surface area contributed by atoms with Crippen LogP contribution >= 0.6 is 0 Å². The first-order chi connectivity index (χ1) is 12.1. The molecule has 1 aliphatic rings. The van der Waals surface area contributed by atoms with E-state index in [0.717, 1.165) is 6.42 Å². The Morgan fingerprint density at radius 2 is 1.32 bits per heavy atom. The Balaban J connectivity index is 1.47. The van der Waals surface area contributed by atoms with E-state index in [0.29, 0.717) is 11.1 Å². The van der Waals surface area contributed by atoms with Crippen molar-refractivity contribution in [3.05, 3.63) is 71.8 Å². The smallest absolute Gasteiger partial charge is 0.338 e. The molecule has 25 heavy (non-hydrogen) atoms. The Bertz CT molecular complexity index is 717. The van der Waals surface area contributed by atoms with Crippen LogP contribution in [0.4, 0.5) is 0 Å². The molecule has 0 amide bonds. The van der Waals surface area contributed by atoms with Gasteiger partial charge in [-0.15, -0.1) is 0 Å². The molecule has 2 aromatic carbocycles. The first kappa shape index (κ1) is 17.2. The molecule has 0 aliphatic heterocycles. The van der Waals surface area contributed by atoms with Gasteiger partial charge < -0.3 is 15.2 Å². The monoisotopic (exact) mass is 339 g/mol. The van der Waals surface area contributed by atoms with Crippen LogP contribution in [-0.2, 0) is 9.47 Å². The standard InChI is InChI=1S/C20H21NO4/c21-18-11-16(12-24-19(22)14-7-3-1-4-8-14)17(18)13-25-20(23)15-9-5-2-6-10-15/h1-10,16-18H,11-13,21H2/t16-,17-,18-/m1/s1. The van der Waals surface area contributed by atoms with Crippen molar-refractivity contribution in [2.45, 2.75) is 12.5 Å². The van der Waals surface area contributed by atoms with Gasteiger partial charge in [-0.05, 0) is 30.7 Å². The van der Waals surface area contributed by atoms with Crippen LogP contribution in [0.1, 0.15) is 27.1 Å². The van der Waals surface area contributed by atoms with E-state index in [9.17, 15) is 9.59 Å². The van der Waals surface area contributed by atoms with E-state index >= 15 is 0 Å². The molecular weight excluding hydrogens is 318 g/mol. The number of benzene rings is 2. The third kappa shape index (κ3) is 4.25. The SMILES string of the molecule is N[C@@H]1C[C@H](COC(=O)c2ccccc2)[C@H]1COC(=O)c1ccccc1. The molecule has 0 saturated heterocycles. The molecule has 1 fully saturated rings. The third-order valence-electron chi connectivity index (χ3n) is 4.58. The van der Waals surface area contributed by atoms with E-state index < -0.39 is 0 Å². The predicted octanol–water partition coefficient (Wildman–Crippen LogP) is 2.66. The van der Waals surface area contributed by atoms with Crippen molar-refractivity contribution >= 4 is 11.9 Å². The summed E-state index contributed by atoms with van der Waals surface area (Å²) in [5.41, 5.74) is 7.07. The summed E-state index contributed by atoms with van der Waals surface area (Å²) in [6.45, 7) is 0.525. The molecule has 1 aliphatic carbocycles. The topological polar surface area (TPSA) is 78.6 Å². The van der Waals surface area contributed by atoms with E-state index in [1.807, 2.05) is 12.1 Å². The fourth-order valence-electron chi connectivity index (χ4n) is 2.97. The summed E-state index contributed by atoms with van der Waals surface area (Å²) < 4.78 is 10.7. The van der Waals surface area contributed by atoms with E-state index in [-0.39, 0.29) is 43.0 Å². The van der Waals surface area contributed by atoms with Gasteiger partial charge in [0, 0.05) is 17.9 Å². The molecule has 1 saturated carbocycles. The highest BCUT2D eigenvalue weighted by Gasteiger charge is 2.40. The van der Waals surface area contributed by atoms with Crippen LogP contribution in [0.2, 0.25) is 0 Å². The molecule has 0 bridgehead atoms. The van der Waals surface area contributed by atoms with Gasteiger partial charge in [0.25, 0.3) is 0 Å². The van der Waals surface area contributed by atoms with Crippen LogP contribution < -0.4 is 5.73 Å². The van der Waals surface area contributed by atoms with E-state index in [4.69, 9.17) is 15.2 Å². The van der Waals surface area contributed by atoms with Gasteiger partial charge in [0.15, 0.2) is 0 Å². The van der Waals surface area contributed by atoms with Crippen LogP contribution in [-0.4, -0.2) is 31.2 Å². The van der Waals surface area contributed by atoms with Crippen molar-refractivity contribution in [3.63, 3.8) is 0 Å². The Morgan fingerprint density at radius 3 is 1.80 bits per heavy atom. The van der Waals surface area contributed by atoms with Crippen molar-refractivity contribution < 1.29 is 19.1 Å². The highest BCUT2D eigenvalue weighted by atomic mass is 16.5. The second kappa shape index (κ2) is 7.94. The average Bonchev–Trinajstić information content (AvgIpc) is 2.66. The molecule has 3 rings (SSSR count). The van der Waals surface area contributed by atoms with Crippen molar-refractivity contribution in [1.82, 2.24) is 0 Å². The van der Waals surface area contributed by atoms with Crippen molar-refractivity contribution in [2.24, 2.45) is 17.6 Å². The number of carbonyl (C=O) groups is 2. The minimum atomic E-state index is -0.361. The van der Waals surface area contributed by atoms with Crippen molar-refractivity contribution in [3.8, 4) is 0 Å². The zero-order valence-electron chi connectivity index (χ0n) is 13.8. The second-order valence-electron chi connectivity index (χ2n) is 6.25. The fraction of sp³-hybridized carbons (Fsp3) is 0.300. The largest absolute Gasteiger partial charge is 0.462 e. The normalized spacial score (nSPS) is 21.9. The quantitative estimate of drug-likeness (QED) is 0.819. The van der Waals surface area contributed by atoms with Gasteiger partial charge in [-0.3, -0.25) is 0 Å². The fourth-order valence-corrected chi connectivity index (χ4v) is 2.97. The van der Waals surface area contributed by atoms with Gasteiger partial charge in [-0.25, -0.2) is 9.59 Å². The van der Waals surface area contributed by atoms with Crippen LogP contribution in [0.15, 0.2) is 60.7 Å². The molecule has 0 unspecified atom stereocenters. The maximum atomic E-state index is 12.0. The molecule has 5 heteroatoms. The number of hydrogen-bond donors (Lipinski definition) is 1. The number of rotatable bonds is 6. The number of esters is 2. The zero-order valence-corrected chi connectivity index (χ0v) is 13.8. The molecule has 130 valence electrons. The Kier molecular flexibility index (Phi) is 5.46. The second-order valence-corrected chi connectivity index (χ2v) is 6.25. The van der Waals surface area contributed by atoms with Crippen LogP contribution in [0, 0.1) is 11.8 Å². The third-order valence-corrected chi connectivity index (χ3v) is 4.58. The maximum absolute atomic E-state index is 12.0. The Morgan fingerprint density at radius 1 is 0.840 bits per heavy atom. The first-order valence-corrected chi connectivity index (χ1v) is 8.35. The Labute approximate surface area is 146 Å². The van der Waals surface area contributed by atoms with Gasteiger partial charge in [0.1, 0.15) is 0 Å². The van der Waals surface area contributed by atoms with Gasteiger partial charge >= 0.3 is 11.9 Å². The molecule has 0 radical (unpaired) electrons. The Hall–Kier alpha value is -2.66. The van der Waals surface area contributed by atoms with Gasteiger partial charge in [0.2, 0.25) is 0 Å². The summed E-state index contributed by atoms with van der Waals surface area (Å²) in [5, 5.41) is 0. The van der Waals surface area contributed by atoms with Crippen molar-refractivity contribution in [1.29, 1.82) is 0 Å². The van der Waals surface area contributed by atoms with Crippen LogP contribution in [0.3, 0.4) is 0 Å². The minimum Gasteiger partial charge on any atom is -0.462 e. The molecule has 3 atom stereocenters. The summed E-state index contributed by atoms with van der Waals surface area (Å²) in [7, 11) is 0. The molecule has 0 aromatic heterocycles. The summed E-state index contributed by atoms with van der Waals surface area (Å²) in [6, 6.07) is 17.7. The summed E-state index contributed by atoms with van der Waals surface area (Å²) >= 11 is 0. The summed E-state index contributed by atoms with van der Waals surface area (Å²) in [5.74, 6) is -0.580.